The number of aromatic nitrogens is 2. The number of nitrogen functional groups attached to an aromatic ring is 1. The van der Waals surface area contributed by atoms with Crippen LogP contribution in [0.1, 0.15) is 66.9 Å². The van der Waals surface area contributed by atoms with Gasteiger partial charge in [-0.2, -0.15) is 0 Å². The third kappa shape index (κ3) is 9.71. The first-order valence-electron chi connectivity index (χ1n) is 21.1. The van der Waals surface area contributed by atoms with Crippen LogP contribution in [0.3, 0.4) is 0 Å². The van der Waals surface area contributed by atoms with Crippen molar-refractivity contribution in [3.63, 3.8) is 0 Å². The van der Waals surface area contributed by atoms with E-state index in [0.29, 0.717) is 83.1 Å². The van der Waals surface area contributed by atoms with E-state index in [1.807, 2.05) is 41.0 Å². The molecule has 4 amide bonds. The third-order valence-corrected chi connectivity index (χ3v) is 13.1. The Hall–Kier alpha value is -5.44. The summed E-state index contributed by atoms with van der Waals surface area (Å²) in [7, 11) is 0. The molecule has 61 heavy (non-hydrogen) atoms. The van der Waals surface area contributed by atoms with Crippen molar-refractivity contribution in [2.45, 2.75) is 44.6 Å². The molecule has 4 fully saturated rings. The number of imide groups is 1. The molecule has 0 aliphatic carbocycles. The van der Waals surface area contributed by atoms with E-state index in [1.54, 1.807) is 24.4 Å². The highest BCUT2D eigenvalue weighted by atomic mass is 35.5. The van der Waals surface area contributed by atoms with Gasteiger partial charge in [-0.1, -0.05) is 35.3 Å². The minimum absolute atomic E-state index is 0.122. The maximum Gasteiger partial charge on any atom is 0.320 e. The molecule has 2 atom stereocenters. The molecule has 0 radical (unpaired) electrons. The summed E-state index contributed by atoms with van der Waals surface area (Å²) in [5.74, 6) is 1.25. The van der Waals surface area contributed by atoms with Gasteiger partial charge in [0, 0.05) is 125 Å². The first-order chi connectivity index (χ1) is 29.5. The van der Waals surface area contributed by atoms with Crippen LogP contribution < -0.4 is 25.6 Å². The summed E-state index contributed by atoms with van der Waals surface area (Å²) in [4.78, 5) is 57.3. The summed E-state index contributed by atoms with van der Waals surface area (Å²) in [6.45, 7) is 11.0. The third-order valence-electron chi connectivity index (χ3n) is 12.5. The molecule has 4 aliphatic heterocycles. The number of nitrogens with one attached hydrogen (secondary N) is 2. The summed E-state index contributed by atoms with van der Waals surface area (Å²) in [5, 5.41) is 12.2. The topological polar surface area (TPSA) is 164 Å². The van der Waals surface area contributed by atoms with Crippen molar-refractivity contribution in [1.82, 2.24) is 30.0 Å². The number of benzene rings is 2. The van der Waals surface area contributed by atoms with Gasteiger partial charge in [-0.05, 0) is 80.1 Å². The fraction of sp³-hybridized carbons (Fsp3) is 0.422. The number of piperidine rings is 2. The molecular weight excluding hydrogens is 815 g/mol. The molecule has 4 aromatic rings. The van der Waals surface area contributed by atoms with E-state index < -0.39 is 6.10 Å². The number of carbonyl (C=O) groups excluding carboxylic acids is 3. The number of carbonyl (C=O) groups is 3. The molecule has 2 aromatic heterocycles. The largest absolute Gasteiger partial charge is 0.486 e. The lowest BCUT2D eigenvalue weighted by atomic mass is 9.90. The second kappa shape index (κ2) is 18.7. The number of hydrogen-bond acceptors (Lipinski definition) is 11. The molecule has 320 valence electrons. The maximum atomic E-state index is 13.6. The Balaban J connectivity index is 0.759. The van der Waals surface area contributed by atoms with Crippen molar-refractivity contribution in [3.05, 3.63) is 105 Å². The van der Waals surface area contributed by atoms with Crippen molar-refractivity contribution in [2.75, 3.05) is 87.5 Å². The minimum Gasteiger partial charge on any atom is -0.486 e. The first kappa shape index (κ1) is 42.3. The quantitative estimate of drug-likeness (QED) is 0.0948. The Morgan fingerprint density at radius 1 is 0.852 bits per heavy atom. The molecule has 6 heterocycles. The highest BCUT2D eigenvalue weighted by Gasteiger charge is 2.31. The molecular formula is C45H52Cl2N10O4. The van der Waals surface area contributed by atoms with Crippen LogP contribution in [0.5, 0.6) is 5.75 Å². The monoisotopic (exact) mass is 866 g/mol. The van der Waals surface area contributed by atoms with Crippen LogP contribution in [0.4, 0.5) is 22.0 Å². The number of hydrogen-bond donors (Lipinski definition) is 3. The van der Waals surface area contributed by atoms with Gasteiger partial charge in [-0.15, -0.1) is 0 Å². The van der Waals surface area contributed by atoms with E-state index >= 15 is 0 Å². The zero-order valence-corrected chi connectivity index (χ0v) is 35.9. The van der Waals surface area contributed by atoms with Crippen molar-refractivity contribution in [3.8, 4) is 5.75 Å². The number of pyridine rings is 2. The smallest absolute Gasteiger partial charge is 0.320 e. The molecule has 4 saturated heterocycles. The van der Waals surface area contributed by atoms with Crippen LogP contribution in [-0.2, 0) is 9.59 Å². The number of nitrogens with two attached hydrogens (primary N) is 1. The zero-order valence-electron chi connectivity index (χ0n) is 34.4. The number of piperazine rings is 2. The number of halogens is 2. The van der Waals surface area contributed by atoms with Gasteiger partial charge in [0.15, 0.2) is 0 Å². The zero-order chi connectivity index (χ0) is 42.6. The number of ether oxygens (including phenoxy) is 1. The number of urea groups is 1. The lowest BCUT2D eigenvalue weighted by molar-refractivity contribution is -0.134. The summed E-state index contributed by atoms with van der Waals surface area (Å²) in [6, 6.07) is 17.4. The predicted octanol–water partition coefficient (Wildman–Crippen LogP) is 6.22. The number of anilines is 3. The summed E-state index contributed by atoms with van der Waals surface area (Å²) >= 11 is 12.7. The van der Waals surface area contributed by atoms with Gasteiger partial charge in [0.2, 0.25) is 11.8 Å². The molecule has 0 saturated carbocycles. The molecule has 14 nitrogen and oxygen atoms in total. The fourth-order valence-electron chi connectivity index (χ4n) is 8.89. The molecule has 2 aromatic carbocycles. The normalized spacial score (nSPS) is 19.8. The molecule has 1 unspecified atom stereocenters. The Kier molecular flexibility index (Phi) is 12.9. The summed E-state index contributed by atoms with van der Waals surface area (Å²) in [6.07, 6.45) is 7.25. The molecule has 4 aliphatic rings. The van der Waals surface area contributed by atoms with Crippen LogP contribution in [0.15, 0.2) is 73.2 Å². The number of rotatable bonds is 10. The predicted molar refractivity (Wildman–Crippen MR) is 238 cm³/mol. The molecule has 0 bridgehead atoms. The second-order valence-electron chi connectivity index (χ2n) is 16.4. The Morgan fingerprint density at radius 3 is 2.18 bits per heavy atom. The van der Waals surface area contributed by atoms with Gasteiger partial charge >= 0.3 is 6.03 Å². The summed E-state index contributed by atoms with van der Waals surface area (Å²) in [5.41, 5.74) is 10.9. The molecule has 4 N–H and O–H groups in total. The standard InChI is InChI=1S/C45H52Cl2N10O4/c1-29(42-37(46)26-50-27-38(42)47)61-34-7-9-39(48)36(24-34)43(49)32-4-10-40(51-25-32)55-20-22-57(23-21-55)45(60)56-14-12-30(13-15-56)28-53-16-18-54(19-17-53)33-5-2-31(3-6-33)35-8-11-41(58)52-44(35)59/h2-7,9-10,24-27,29-30,35,49H,8,11-23,28,48H2,1H3,(H,52,58,59)/t29-,35?/m1/s1. The Bertz CT molecular complexity index is 2220. The van der Waals surface area contributed by atoms with E-state index in [9.17, 15) is 14.4 Å². The SMILES string of the molecule is C[C@@H](Oc1ccc(N)c(C(=N)c2ccc(N3CCN(C(=O)N4CCC(CN5CCN(c6ccc(C7CCC(=O)NC7=O)cc6)CC5)CC4)CC3)nc2)c1)c1c(Cl)cncc1Cl. The first-order valence-corrected chi connectivity index (χ1v) is 21.9. The van der Waals surface area contributed by atoms with E-state index in [0.717, 1.165) is 75.7 Å². The summed E-state index contributed by atoms with van der Waals surface area (Å²) < 4.78 is 6.15. The van der Waals surface area contributed by atoms with Gasteiger partial charge in [-0.3, -0.25) is 30.2 Å². The van der Waals surface area contributed by atoms with Gasteiger partial charge in [0.1, 0.15) is 17.7 Å². The number of likely N-dealkylation sites (tertiary alicyclic amines) is 1. The van der Waals surface area contributed by atoms with Crippen molar-refractivity contribution < 1.29 is 19.1 Å². The highest BCUT2D eigenvalue weighted by Crippen LogP contribution is 2.34. The fourth-order valence-corrected chi connectivity index (χ4v) is 9.56. The van der Waals surface area contributed by atoms with Crippen molar-refractivity contribution in [1.29, 1.82) is 5.41 Å². The van der Waals surface area contributed by atoms with E-state index in [4.69, 9.17) is 44.1 Å². The van der Waals surface area contributed by atoms with Crippen molar-refractivity contribution in [2.24, 2.45) is 5.92 Å². The van der Waals surface area contributed by atoms with Gasteiger partial charge in [-0.25, -0.2) is 9.78 Å². The second-order valence-corrected chi connectivity index (χ2v) is 17.2. The van der Waals surface area contributed by atoms with Crippen LogP contribution in [0, 0.1) is 11.3 Å². The van der Waals surface area contributed by atoms with E-state index in [1.165, 1.54) is 12.4 Å². The maximum absolute atomic E-state index is 13.6. The lowest BCUT2D eigenvalue weighted by Gasteiger charge is -2.41. The number of amides is 4. The highest BCUT2D eigenvalue weighted by molar-refractivity contribution is 6.35. The molecule has 16 heteroatoms. The van der Waals surface area contributed by atoms with Crippen LogP contribution in [0.2, 0.25) is 10.0 Å². The van der Waals surface area contributed by atoms with Crippen LogP contribution in [-0.4, -0.2) is 120 Å². The Morgan fingerprint density at radius 2 is 1.52 bits per heavy atom. The van der Waals surface area contributed by atoms with E-state index in [-0.39, 0.29) is 29.5 Å². The molecule has 8 rings (SSSR count). The van der Waals surface area contributed by atoms with Gasteiger partial charge in [0.05, 0.1) is 21.7 Å². The molecule has 0 spiro atoms. The lowest BCUT2D eigenvalue weighted by Crippen LogP contribution is -2.55. The van der Waals surface area contributed by atoms with Crippen LogP contribution in [0.25, 0.3) is 0 Å². The Labute approximate surface area is 366 Å². The van der Waals surface area contributed by atoms with Crippen LogP contribution >= 0.6 is 23.2 Å². The van der Waals surface area contributed by atoms with Gasteiger partial charge < -0.3 is 30.1 Å². The van der Waals surface area contributed by atoms with E-state index in [2.05, 4.69) is 37.1 Å². The van der Waals surface area contributed by atoms with Gasteiger partial charge in [0.25, 0.3) is 0 Å². The van der Waals surface area contributed by atoms with Crippen molar-refractivity contribution >= 4 is 64.0 Å². The average Bonchev–Trinajstić information content (AvgIpc) is 3.27. The number of nitrogens with zero attached hydrogens (tertiary/aromatic N) is 7. The average molecular weight is 868 g/mol. The minimum atomic E-state index is -0.462.